The summed E-state index contributed by atoms with van der Waals surface area (Å²) in [4.78, 5) is 15.7. The molecule has 0 amide bonds. The van der Waals surface area contributed by atoms with E-state index in [4.69, 9.17) is 4.74 Å². The normalized spacial score (nSPS) is 11.3. The van der Waals surface area contributed by atoms with Gasteiger partial charge in [0.25, 0.3) is 0 Å². The molecule has 29 heavy (non-hydrogen) atoms. The largest absolute Gasteiger partial charge is 0.492 e. The summed E-state index contributed by atoms with van der Waals surface area (Å²) in [5.74, 6) is -0.973. The van der Waals surface area contributed by atoms with Gasteiger partial charge >= 0.3 is 5.97 Å². The van der Waals surface area contributed by atoms with Gasteiger partial charge in [-0.1, -0.05) is 26.8 Å². The third-order valence-corrected chi connectivity index (χ3v) is 4.95. The van der Waals surface area contributed by atoms with Crippen LogP contribution in [-0.2, 0) is 5.41 Å². The monoisotopic (exact) mass is 398 g/mol. The molecule has 0 aliphatic rings. The molecule has 0 unspecified atom stereocenters. The number of halogens is 1. The number of hydrogen-bond donors (Lipinski definition) is 2. The minimum atomic E-state index is -1.11. The summed E-state index contributed by atoms with van der Waals surface area (Å²) in [6.07, 6.45) is 2.32. The van der Waals surface area contributed by atoms with Crippen molar-refractivity contribution in [1.29, 1.82) is 0 Å². The summed E-state index contributed by atoms with van der Waals surface area (Å²) in [7, 11) is 1.39. The average Bonchev–Trinajstić information content (AvgIpc) is 3.12. The molecule has 1 aromatic carbocycles. The maximum Gasteiger partial charge on any atom is 0.339 e. The molecule has 2 heterocycles. The number of pyridine rings is 1. The van der Waals surface area contributed by atoms with E-state index in [0.29, 0.717) is 11.5 Å². The minimum Gasteiger partial charge on any atom is -0.492 e. The van der Waals surface area contributed by atoms with E-state index in [1.165, 1.54) is 30.1 Å². The summed E-state index contributed by atoms with van der Waals surface area (Å²) in [6.45, 7) is 6.15. The van der Waals surface area contributed by atoms with E-state index in [0.717, 1.165) is 12.1 Å². The van der Waals surface area contributed by atoms with Crippen LogP contribution in [0.1, 0.15) is 43.2 Å². The quantitative estimate of drug-likeness (QED) is 0.607. The van der Waals surface area contributed by atoms with Gasteiger partial charge in [0.2, 0.25) is 0 Å². The number of carbonyl (C=O) groups is 1. The molecule has 8 heteroatoms. The number of nitrogens with zero attached hydrogens (tertiary/aromatic N) is 3. The van der Waals surface area contributed by atoms with E-state index >= 15 is 0 Å². The molecule has 0 aliphatic heterocycles. The maximum atomic E-state index is 14.3. The van der Waals surface area contributed by atoms with Crippen LogP contribution in [0.15, 0.2) is 42.6 Å². The standard InChI is InChI=1S/C21H23FN4O3/c1-5-21(2,3)16-12-17(24-19-13(20(27)28)8-7-11-23-19)26(25-16)15-10-6-9-14(22)18(15)29-4/h6-12H,5H2,1-4H3,(H,23,24)(H,27,28). The lowest BCUT2D eigenvalue weighted by molar-refractivity contribution is 0.0697. The highest BCUT2D eigenvalue weighted by Crippen LogP contribution is 2.34. The Kier molecular flexibility index (Phi) is 5.54. The molecule has 0 radical (unpaired) electrons. The van der Waals surface area contributed by atoms with Crippen molar-refractivity contribution >= 4 is 17.6 Å². The Labute approximate surface area is 168 Å². The van der Waals surface area contributed by atoms with Crippen LogP contribution in [0.2, 0.25) is 0 Å². The molecule has 0 spiro atoms. The number of aromatic nitrogens is 3. The first-order valence-corrected chi connectivity index (χ1v) is 9.17. The SMILES string of the molecule is CCC(C)(C)c1cc(Nc2ncccc2C(=O)O)n(-c2cccc(F)c2OC)n1. The Hall–Kier alpha value is -3.42. The van der Waals surface area contributed by atoms with E-state index in [-0.39, 0.29) is 22.5 Å². The van der Waals surface area contributed by atoms with Gasteiger partial charge in [-0.15, -0.1) is 0 Å². The van der Waals surface area contributed by atoms with Crippen LogP contribution >= 0.6 is 0 Å². The van der Waals surface area contributed by atoms with Crippen molar-refractivity contribution in [2.45, 2.75) is 32.6 Å². The number of aromatic carboxylic acids is 1. The second-order valence-electron chi connectivity index (χ2n) is 7.19. The fraction of sp³-hybridized carbons (Fsp3) is 0.286. The molecule has 7 nitrogen and oxygen atoms in total. The van der Waals surface area contributed by atoms with Crippen molar-refractivity contribution in [2.75, 3.05) is 12.4 Å². The Morgan fingerprint density at radius 3 is 2.72 bits per heavy atom. The molecule has 152 valence electrons. The zero-order valence-electron chi connectivity index (χ0n) is 16.7. The molecule has 0 saturated heterocycles. The zero-order chi connectivity index (χ0) is 21.2. The second-order valence-corrected chi connectivity index (χ2v) is 7.19. The van der Waals surface area contributed by atoms with Gasteiger partial charge in [-0.05, 0) is 30.7 Å². The number of methoxy groups -OCH3 is 1. The highest BCUT2D eigenvalue weighted by molar-refractivity contribution is 5.93. The highest BCUT2D eigenvalue weighted by Gasteiger charge is 2.26. The van der Waals surface area contributed by atoms with Gasteiger partial charge in [-0.3, -0.25) is 0 Å². The lowest BCUT2D eigenvalue weighted by atomic mass is 9.87. The zero-order valence-corrected chi connectivity index (χ0v) is 16.7. The number of benzene rings is 1. The first-order chi connectivity index (χ1) is 13.8. The van der Waals surface area contributed by atoms with Crippen molar-refractivity contribution in [3.63, 3.8) is 0 Å². The third kappa shape index (κ3) is 3.91. The predicted molar refractivity (Wildman–Crippen MR) is 108 cm³/mol. The molecule has 3 aromatic rings. The maximum absolute atomic E-state index is 14.3. The Bertz CT molecular complexity index is 1050. The van der Waals surface area contributed by atoms with Gasteiger partial charge in [0, 0.05) is 17.7 Å². The summed E-state index contributed by atoms with van der Waals surface area (Å²) in [6, 6.07) is 9.36. The fourth-order valence-corrected chi connectivity index (χ4v) is 2.83. The lowest BCUT2D eigenvalue weighted by Crippen LogP contribution is -2.16. The molecule has 0 saturated carbocycles. The Morgan fingerprint density at radius 1 is 1.31 bits per heavy atom. The van der Waals surface area contributed by atoms with E-state index in [1.807, 2.05) is 6.07 Å². The number of ether oxygens (including phenoxy) is 1. The third-order valence-electron chi connectivity index (χ3n) is 4.95. The number of nitrogens with one attached hydrogen (secondary N) is 1. The number of rotatable bonds is 7. The number of carboxylic acid groups (broad SMARTS) is 1. The number of carboxylic acids is 1. The molecular weight excluding hydrogens is 375 g/mol. The van der Waals surface area contributed by atoms with Gasteiger partial charge in [0.05, 0.1) is 12.8 Å². The first-order valence-electron chi connectivity index (χ1n) is 9.17. The Morgan fingerprint density at radius 2 is 2.07 bits per heavy atom. The molecule has 0 bridgehead atoms. The average molecular weight is 398 g/mol. The Balaban J connectivity index is 2.19. The van der Waals surface area contributed by atoms with E-state index < -0.39 is 11.8 Å². The van der Waals surface area contributed by atoms with Crippen molar-refractivity contribution < 1.29 is 19.0 Å². The van der Waals surface area contributed by atoms with Gasteiger partial charge in [0.1, 0.15) is 22.9 Å². The minimum absolute atomic E-state index is 0.0164. The molecular formula is C21H23FN4O3. The summed E-state index contributed by atoms with van der Waals surface area (Å²) < 4.78 is 21.0. The first kappa shape index (κ1) is 20.3. The highest BCUT2D eigenvalue weighted by atomic mass is 19.1. The van der Waals surface area contributed by atoms with Crippen LogP contribution in [0.5, 0.6) is 5.75 Å². The molecule has 0 fully saturated rings. The van der Waals surface area contributed by atoms with Crippen LogP contribution in [-0.4, -0.2) is 33.0 Å². The number of para-hydroxylation sites is 1. The molecule has 0 aliphatic carbocycles. The fourth-order valence-electron chi connectivity index (χ4n) is 2.83. The van der Waals surface area contributed by atoms with Crippen LogP contribution in [0, 0.1) is 5.82 Å². The molecule has 2 N–H and O–H groups in total. The van der Waals surface area contributed by atoms with Crippen molar-refractivity contribution in [3.8, 4) is 11.4 Å². The van der Waals surface area contributed by atoms with E-state index in [1.54, 1.807) is 18.2 Å². The van der Waals surface area contributed by atoms with Gasteiger partial charge in [-0.2, -0.15) is 5.10 Å². The van der Waals surface area contributed by atoms with Crippen molar-refractivity contribution in [2.24, 2.45) is 0 Å². The molecule has 2 aromatic heterocycles. The van der Waals surface area contributed by atoms with Gasteiger partial charge in [-0.25, -0.2) is 18.9 Å². The van der Waals surface area contributed by atoms with Gasteiger partial charge < -0.3 is 15.2 Å². The second kappa shape index (κ2) is 7.90. The summed E-state index contributed by atoms with van der Waals surface area (Å²) in [5.41, 5.74) is 0.924. The number of anilines is 2. The van der Waals surface area contributed by atoms with Crippen LogP contribution in [0.4, 0.5) is 16.0 Å². The van der Waals surface area contributed by atoms with E-state index in [9.17, 15) is 14.3 Å². The predicted octanol–water partition coefficient (Wildman–Crippen LogP) is 4.54. The van der Waals surface area contributed by atoms with Crippen molar-refractivity contribution in [3.05, 3.63) is 59.7 Å². The van der Waals surface area contributed by atoms with E-state index in [2.05, 4.69) is 36.2 Å². The van der Waals surface area contributed by atoms with Crippen LogP contribution in [0.25, 0.3) is 5.69 Å². The van der Waals surface area contributed by atoms with Gasteiger partial charge in [0.15, 0.2) is 11.6 Å². The summed E-state index contributed by atoms with van der Waals surface area (Å²) >= 11 is 0. The number of hydrogen-bond acceptors (Lipinski definition) is 5. The molecule has 0 atom stereocenters. The smallest absolute Gasteiger partial charge is 0.339 e. The van der Waals surface area contributed by atoms with Crippen LogP contribution in [0.3, 0.4) is 0 Å². The van der Waals surface area contributed by atoms with Crippen LogP contribution < -0.4 is 10.1 Å². The lowest BCUT2D eigenvalue weighted by Gasteiger charge is -2.19. The summed E-state index contributed by atoms with van der Waals surface area (Å²) in [5, 5.41) is 17.2. The molecule has 3 rings (SSSR count). The van der Waals surface area contributed by atoms with Crippen molar-refractivity contribution in [1.82, 2.24) is 14.8 Å². The topological polar surface area (TPSA) is 89.3 Å².